The molecule has 9 nitrogen and oxygen atoms in total. The number of carboxylic acid groups (broad SMARTS) is 1. The van der Waals surface area contributed by atoms with Crippen LogP contribution in [0.5, 0.6) is 0 Å². The van der Waals surface area contributed by atoms with E-state index in [1.807, 2.05) is 11.6 Å². The number of carboxylic acids is 1. The van der Waals surface area contributed by atoms with Gasteiger partial charge < -0.3 is 14.9 Å². The van der Waals surface area contributed by atoms with Gasteiger partial charge in [0.05, 0.1) is 36.2 Å². The number of aryl methyl sites for hydroxylation is 2. The van der Waals surface area contributed by atoms with Crippen LogP contribution in [0, 0.1) is 6.92 Å². The van der Waals surface area contributed by atoms with Gasteiger partial charge in [0.15, 0.2) is 0 Å². The van der Waals surface area contributed by atoms with Gasteiger partial charge in [0.2, 0.25) is 0 Å². The Balaban J connectivity index is 0.000000370. The third-order valence-corrected chi connectivity index (χ3v) is 4.73. The number of hydrogen-bond acceptors (Lipinski definition) is 8. The number of fused-ring (bicyclic) bond motifs is 1. The minimum Gasteiger partial charge on any atom is -0.475 e. The number of aliphatic hydroxyl groups excluding tert-OH is 1. The lowest BCUT2D eigenvalue weighted by Gasteiger charge is -2.18. The van der Waals surface area contributed by atoms with Gasteiger partial charge in [-0.2, -0.15) is 13.2 Å². The van der Waals surface area contributed by atoms with Crippen molar-refractivity contribution in [2.75, 3.05) is 19.8 Å². The van der Waals surface area contributed by atoms with E-state index < -0.39 is 12.1 Å². The molecule has 0 saturated heterocycles. The van der Waals surface area contributed by atoms with Crippen molar-refractivity contribution in [2.45, 2.75) is 45.8 Å². The minimum absolute atomic E-state index is 0.0266. The Labute approximate surface area is 168 Å². The quantitative estimate of drug-likeness (QED) is 0.655. The van der Waals surface area contributed by atoms with Gasteiger partial charge in [-0.1, -0.05) is 5.21 Å². The van der Waals surface area contributed by atoms with E-state index in [4.69, 9.17) is 19.7 Å². The van der Waals surface area contributed by atoms with Gasteiger partial charge in [0, 0.05) is 31.6 Å². The smallest absolute Gasteiger partial charge is 0.475 e. The normalized spacial score (nSPS) is 14.7. The molecule has 0 saturated carbocycles. The predicted molar refractivity (Wildman–Crippen MR) is 96.0 cm³/mol. The number of ether oxygens (including phenoxy) is 1. The van der Waals surface area contributed by atoms with E-state index in [9.17, 15) is 13.2 Å². The van der Waals surface area contributed by atoms with Crippen molar-refractivity contribution in [1.29, 1.82) is 0 Å². The Morgan fingerprint density at radius 3 is 2.69 bits per heavy atom. The van der Waals surface area contributed by atoms with Gasteiger partial charge in [-0.3, -0.25) is 4.90 Å². The van der Waals surface area contributed by atoms with Crippen LogP contribution >= 0.6 is 11.3 Å². The Hall–Kier alpha value is -2.09. The summed E-state index contributed by atoms with van der Waals surface area (Å²) in [6, 6.07) is 0. The number of aliphatic carboxylic acids is 1. The van der Waals surface area contributed by atoms with E-state index in [0.717, 1.165) is 54.7 Å². The number of thiazole rings is 1. The molecule has 0 fully saturated rings. The molecule has 0 bridgehead atoms. The lowest BCUT2D eigenvalue weighted by molar-refractivity contribution is -0.192. The van der Waals surface area contributed by atoms with Gasteiger partial charge >= 0.3 is 12.1 Å². The number of hydrogen-bond donors (Lipinski definition) is 2. The van der Waals surface area contributed by atoms with Crippen LogP contribution in [0.2, 0.25) is 0 Å². The van der Waals surface area contributed by atoms with Crippen molar-refractivity contribution >= 4 is 17.3 Å². The lowest BCUT2D eigenvalue weighted by atomic mass is 10.3. The molecule has 2 N–H and O–H groups in total. The molecule has 3 heterocycles. The van der Waals surface area contributed by atoms with Crippen LogP contribution in [0.3, 0.4) is 0 Å². The number of alkyl halides is 3. The maximum Gasteiger partial charge on any atom is 0.490 e. The van der Waals surface area contributed by atoms with Crippen molar-refractivity contribution in [3.8, 4) is 0 Å². The first kappa shape index (κ1) is 23.2. The van der Waals surface area contributed by atoms with Crippen LogP contribution in [0.1, 0.15) is 28.5 Å². The van der Waals surface area contributed by atoms with E-state index in [1.54, 1.807) is 11.3 Å². The Morgan fingerprint density at radius 2 is 2.10 bits per heavy atom. The zero-order chi connectivity index (χ0) is 21.4. The van der Waals surface area contributed by atoms with Crippen LogP contribution < -0.4 is 0 Å². The van der Waals surface area contributed by atoms with Crippen LogP contribution in [0.15, 0.2) is 5.38 Å². The SMILES string of the molecule is Cc1nc(CN2CCCn3nnc(COCCO)c3C2)cs1.O=C(O)C(F)(F)F. The van der Waals surface area contributed by atoms with E-state index >= 15 is 0 Å². The molecule has 0 aromatic carbocycles. The monoisotopic (exact) mass is 437 g/mol. The highest BCUT2D eigenvalue weighted by atomic mass is 32.1. The van der Waals surface area contributed by atoms with Gasteiger partial charge in [-0.05, 0) is 13.3 Å². The molecule has 0 aliphatic carbocycles. The predicted octanol–water partition coefficient (Wildman–Crippen LogP) is 1.59. The highest BCUT2D eigenvalue weighted by Gasteiger charge is 2.38. The standard InChI is InChI=1S/C14H21N5O2S.C2HF3O2/c1-11-15-12(10-22-11)7-18-3-2-4-19-14(8-18)13(16-17-19)9-21-6-5-20;3-2(4,5)1(6)7/h10,20H,2-9H2,1H3;(H,6,7). The third kappa shape index (κ3) is 7.34. The van der Waals surface area contributed by atoms with E-state index in [-0.39, 0.29) is 6.61 Å². The molecule has 0 atom stereocenters. The third-order valence-electron chi connectivity index (χ3n) is 3.90. The summed E-state index contributed by atoms with van der Waals surface area (Å²) < 4.78 is 39.1. The maximum absolute atomic E-state index is 10.6. The first-order valence-electron chi connectivity index (χ1n) is 8.74. The molecule has 1 aliphatic heterocycles. The first-order valence-corrected chi connectivity index (χ1v) is 9.62. The number of aliphatic hydroxyl groups is 1. The first-order chi connectivity index (χ1) is 13.7. The summed E-state index contributed by atoms with van der Waals surface area (Å²) in [5, 5.41) is 27.6. The van der Waals surface area contributed by atoms with Crippen molar-refractivity contribution in [3.63, 3.8) is 0 Å². The van der Waals surface area contributed by atoms with Gasteiger partial charge in [-0.25, -0.2) is 14.5 Å². The molecule has 0 unspecified atom stereocenters. The molecule has 0 amide bonds. The summed E-state index contributed by atoms with van der Waals surface area (Å²) in [4.78, 5) is 15.8. The second kappa shape index (κ2) is 10.6. The molecule has 29 heavy (non-hydrogen) atoms. The van der Waals surface area contributed by atoms with Crippen LogP contribution in [0.4, 0.5) is 13.2 Å². The molecule has 2 aromatic rings. The second-order valence-corrected chi connectivity index (χ2v) is 7.27. The fraction of sp³-hybridized carbons (Fsp3) is 0.625. The fourth-order valence-electron chi connectivity index (χ4n) is 2.65. The minimum atomic E-state index is -5.08. The summed E-state index contributed by atoms with van der Waals surface area (Å²) in [5.41, 5.74) is 3.11. The van der Waals surface area contributed by atoms with E-state index in [0.29, 0.717) is 13.2 Å². The molecule has 3 rings (SSSR count). The van der Waals surface area contributed by atoms with Crippen molar-refractivity contribution in [2.24, 2.45) is 0 Å². The Bertz CT molecular complexity index is 796. The lowest BCUT2D eigenvalue weighted by Crippen LogP contribution is -2.23. The summed E-state index contributed by atoms with van der Waals surface area (Å²) in [6.07, 6.45) is -4.03. The molecule has 162 valence electrons. The number of nitrogens with zero attached hydrogens (tertiary/aromatic N) is 5. The summed E-state index contributed by atoms with van der Waals surface area (Å²) >= 11 is 1.69. The van der Waals surface area contributed by atoms with Gasteiger partial charge in [0.1, 0.15) is 5.69 Å². The van der Waals surface area contributed by atoms with Crippen molar-refractivity contribution in [3.05, 3.63) is 27.5 Å². The maximum atomic E-state index is 10.6. The number of aromatic nitrogens is 4. The molecule has 0 spiro atoms. The summed E-state index contributed by atoms with van der Waals surface area (Å²) in [7, 11) is 0. The van der Waals surface area contributed by atoms with Gasteiger partial charge in [0.25, 0.3) is 0 Å². The number of rotatable bonds is 6. The largest absolute Gasteiger partial charge is 0.490 e. The molecule has 0 radical (unpaired) electrons. The topological polar surface area (TPSA) is 114 Å². The highest BCUT2D eigenvalue weighted by Crippen LogP contribution is 2.18. The van der Waals surface area contributed by atoms with Gasteiger partial charge in [-0.15, -0.1) is 16.4 Å². The van der Waals surface area contributed by atoms with Crippen LogP contribution in [-0.4, -0.2) is 67.0 Å². The molecule has 2 aromatic heterocycles. The zero-order valence-electron chi connectivity index (χ0n) is 15.7. The summed E-state index contributed by atoms with van der Waals surface area (Å²) in [5.74, 6) is -2.76. The zero-order valence-corrected chi connectivity index (χ0v) is 16.5. The molecule has 1 aliphatic rings. The summed E-state index contributed by atoms with van der Waals surface area (Å²) in [6.45, 7) is 6.36. The molecule has 13 heteroatoms. The molecular weight excluding hydrogens is 415 g/mol. The van der Waals surface area contributed by atoms with E-state index in [1.165, 1.54) is 0 Å². The van der Waals surface area contributed by atoms with Crippen molar-refractivity contribution in [1.82, 2.24) is 24.9 Å². The Kier molecular flexibility index (Phi) is 8.49. The van der Waals surface area contributed by atoms with Crippen LogP contribution in [0.25, 0.3) is 0 Å². The van der Waals surface area contributed by atoms with Crippen LogP contribution in [-0.2, 0) is 35.8 Å². The number of carbonyl (C=O) groups is 1. The fourth-order valence-corrected chi connectivity index (χ4v) is 3.25. The average molecular weight is 437 g/mol. The second-order valence-electron chi connectivity index (χ2n) is 6.21. The molecular formula is C16H22F3N5O4S. The Morgan fingerprint density at radius 1 is 1.38 bits per heavy atom. The van der Waals surface area contributed by atoms with E-state index in [2.05, 4.69) is 25.6 Å². The highest BCUT2D eigenvalue weighted by molar-refractivity contribution is 7.09. The number of halogens is 3. The van der Waals surface area contributed by atoms with Crippen molar-refractivity contribution < 1.29 is 32.9 Å². The average Bonchev–Trinajstić information content (AvgIpc) is 3.15.